The molecule has 1 unspecified atom stereocenters. The van der Waals surface area contributed by atoms with Crippen LogP contribution in [-0.2, 0) is 13.0 Å². The molecule has 2 heterocycles. The summed E-state index contributed by atoms with van der Waals surface area (Å²) in [5, 5.41) is 0. The lowest BCUT2D eigenvalue weighted by Crippen LogP contribution is -1.97. The van der Waals surface area contributed by atoms with Crippen molar-refractivity contribution in [3.8, 4) is 0 Å². The maximum absolute atomic E-state index is 4.23. The van der Waals surface area contributed by atoms with Crippen molar-refractivity contribution < 1.29 is 0 Å². The van der Waals surface area contributed by atoms with Crippen LogP contribution < -0.4 is 0 Å². The molecule has 82 valence electrons. The van der Waals surface area contributed by atoms with E-state index in [0.29, 0.717) is 5.92 Å². The van der Waals surface area contributed by atoms with E-state index in [-0.39, 0.29) is 0 Å². The molecule has 1 aromatic carbocycles. The summed E-state index contributed by atoms with van der Waals surface area (Å²) in [5.41, 5.74) is 4.24. The highest BCUT2D eigenvalue weighted by Gasteiger charge is 2.23. The molecule has 1 atom stereocenters. The van der Waals surface area contributed by atoms with E-state index < -0.39 is 0 Å². The quantitative estimate of drug-likeness (QED) is 0.748. The van der Waals surface area contributed by atoms with E-state index in [4.69, 9.17) is 0 Å². The minimum Gasteiger partial charge on any atom is -0.334 e. The molecule has 16 heavy (non-hydrogen) atoms. The number of aryl methyl sites for hydroxylation is 2. The Morgan fingerprint density at radius 1 is 1.44 bits per heavy atom. The average molecular weight is 212 g/mol. The molecule has 2 aromatic rings. The van der Waals surface area contributed by atoms with Gasteiger partial charge in [-0.05, 0) is 24.0 Å². The van der Waals surface area contributed by atoms with Gasteiger partial charge in [-0.15, -0.1) is 0 Å². The van der Waals surface area contributed by atoms with Crippen molar-refractivity contribution in [2.75, 3.05) is 0 Å². The second kappa shape index (κ2) is 3.78. The largest absolute Gasteiger partial charge is 0.334 e. The Kier molecular flexibility index (Phi) is 2.28. The van der Waals surface area contributed by atoms with Crippen LogP contribution in [0.25, 0.3) is 0 Å². The van der Waals surface area contributed by atoms with E-state index in [0.717, 1.165) is 13.0 Å². The lowest BCUT2D eigenvalue weighted by Gasteiger charge is -2.10. The zero-order valence-corrected chi connectivity index (χ0v) is 9.56. The molecule has 0 radical (unpaired) electrons. The minimum absolute atomic E-state index is 0.550. The maximum atomic E-state index is 4.23. The summed E-state index contributed by atoms with van der Waals surface area (Å²) in [6, 6.07) is 8.96. The van der Waals surface area contributed by atoms with Crippen molar-refractivity contribution in [1.82, 2.24) is 9.55 Å². The van der Waals surface area contributed by atoms with E-state index in [9.17, 15) is 0 Å². The summed E-state index contributed by atoms with van der Waals surface area (Å²) in [6.07, 6.45) is 6.28. The molecule has 1 aromatic heterocycles. The molecular weight excluding hydrogens is 196 g/mol. The van der Waals surface area contributed by atoms with Crippen LogP contribution in [0.4, 0.5) is 0 Å². The zero-order chi connectivity index (χ0) is 11.0. The Morgan fingerprint density at radius 2 is 2.38 bits per heavy atom. The van der Waals surface area contributed by atoms with Gasteiger partial charge in [0.25, 0.3) is 0 Å². The molecule has 1 aliphatic rings. The second-order valence-electron chi connectivity index (χ2n) is 4.45. The van der Waals surface area contributed by atoms with Crippen LogP contribution in [0.3, 0.4) is 0 Å². The normalized spacial score (nSPS) is 18.7. The van der Waals surface area contributed by atoms with Crippen LogP contribution in [0.5, 0.6) is 0 Å². The molecule has 2 nitrogen and oxygen atoms in total. The van der Waals surface area contributed by atoms with Gasteiger partial charge in [-0.1, -0.05) is 31.2 Å². The molecule has 0 aliphatic carbocycles. The van der Waals surface area contributed by atoms with Crippen molar-refractivity contribution in [1.29, 1.82) is 0 Å². The van der Waals surface area contributed by atoms with Gasteiger partial charge in [-0.2, -0.15) is 0 Å². The van der Waals surface area contributed by atoms with E-state index >= 15 is 0 Å². The number of imidazole rings is 1. The molecule has 3 rings (SSSR count). The number of aromatic nitrogens is 2. The van der Waals surface area contributed by atoms with Crippen molar-refractivity contribution in [3.63, 3.8) is 0 Å². The standard InChI is InChI=1S/C14H16N2/c1-2-11-4-3-5-12(8-11)13-6-7-16-10-15-9-14(13)16/h3-5,8-10,13H,2,6-7H2,1H3. The first-order valence-corrected chi connectivity index (χ1v) is 5.97. The monoisotopic (exact) mass is 212 g/mol. The Morgan fingerprint density at radius 3 is 3.25 bits per heavy atom. The van der Waals surface area contributed by atoms with Crippen LogP contribution in [-0.4, -0.2) is 9.55 Å². The molecule has 0 bridgehead atoms. The van der Waals surface area contributed by atoms with Gasteiger partial charge in [-0.3, -0.25) is 0 Å². The molecule has 0 saturated heterocycles. The summed E-state index contributed by atoms with van der Waals surface area (Å²) < 4.78 is 2.27. The lowest BCUT2D eigenvalue weighted by molar-refractivity contribution is 0.713. The predicted octanol–water partition coefficient (Wildman–Crippen LogP) is 2.98. The molecule has 2 heteroatoms. The van der Waals surface area contributed by atoms with E-state index in [1.807, 2.05) is 12.5 Å². The van der Waals surface area contributed by atoms with Crippen LogP contribution in [0, 0.1) is 0 Å². The van der Waals surface area contributed by atoms with Crippen molar-refractivity contribution in [3.05, 3.63) is 53.6 Å². The summed E-state index contributed by atoms with van der Waals surface area (Å²) in [6.45, 7) is 3.31. The van der Waals surface area contributed by atoms with Crippen molar-refractivity contribution in [2.24, 2.45) is 0 Å². The maximum Gasteiger partial charge on any atom is 0.0948 e. The summed E-state index contributed by atoms with van der Waals surface area (Å²) in [7, 11) is 0. The topological polar surface area (TPSA) is 17.8 Å². The second-order valence-corrected chi connectivity index (χ2v) is 4.45. The molecule has 0 N–H and O–H groups in total. The third-order valence-electron chi connectivity index (χ3n) is 3.52. The average Bonchev–Trinajstić information content (AvgIpc) is 2.90. The number of hydrogen-bond acceptors (Lipinski definition) is 1. The van der Waals surface area contributed by atoms with Crippen LogP contribution in [0.15, 0.2) is 36.8 Å². The number of benzene rings is 1. The summed E-state index contributed by atoms with van der Waals surface area (Å²) in [4.78, 5) is 4.23. The highest BCUT2D eigenvalue weighted by molar-refractivity contribution is 5.33. The lowest BCUT2D eigenvalue weighted by atomic mass is 9.93. The number of fused-ring (bicyclic) bond motifs is 1. The minimum atomic E-state index is 0.550. The van der Waals surface area contributed by atoms with Crippen molar-refractivity contribution >= 4 is 0 Å². The van der Waals surface area contributed by atoms with Crippen LogP contribution >= 0.6 is 0 Å². The molecule has 0 fully saturated rings. The Labute approximate surface area is 95.9 Å². The van der Waals surface area contributed by atoms with Crippen molar-refractivity contribution in [2.45, 2.75) is 32.2 Å². The SMILES string of the molecule is CCc1cccc(C2CCn3cncc32)c1. The van der Waals surface area contributed by atoms with Gasteiger partial charge in [0.05, 0.1) is 6.33 Å². The van der Waals surface area contributed by atoms with Gasteiger partial charge in [0, 0.05) is 24.4 Å². The van der Waals surface area contributed by atoms with Gasteiger partial charge in [-0.25, -0.2) is 4.98 Å². The third-order valence-corrected chi connectivity index (χ3v) is 3.52. The Bertz CT molecular complexity index is 499. The Hall–Kier alpha value is -1.57. The summed E-state index contributed by atoms with van der Waals surface area (Å²) >= 11 is 0. The number of rotatable bonds is 2. The molecule has 0 amide bonds. The number of nitrogens with zero attached hydrogens (tertiary/aromatic N) is 2. The van der Waals surface area contributed by atoms with Gasteiger partial charge in [0.2, 0.25) is 0 Å². The fraction of sp³-hybridized carbons (Fsp3) is 0.357. The smallest absolute Gasteiger partial charge is 0.0948 e. The molecule has 1 aliphatic heterocycles. The first kappa shape index (κ1) is 9.64. The first-order valence-electron chi connectivity index (χ1n) is 5.97. The van der Waals surface area contributed by atoms with E-state index in [2.05, 4.69) is 40.7 Å². The Balaban J connectivity index is 1.99. The number of hydrogen-bond donors (Lipinski definition) is 0. The van der Waals surface area contributed by atoms with E-state index in [1.165, 1.54) is 23.2 Å². The molecule has 0 spiro atoms. The van der Waals surface area contributed by atoms with Gasteiger partial charge >= 0.3 is 0 Å². The predicted molar refractivity (Wildman–Crippen MR) is 64.5 cm³/mol. The van der Waals surface area contributed by atoms with Gasteiger partial charge in [0.1, 0.15) is 0 Å². The zero-order valence-electron chi connectivity index (χ0n) is 9.56. The summed E-state index contributed by atoms with van der Waals surface area (Å²) in [5.74, 6) is 0.550. The molecule has 0 saturated carbocycles. The fourth-order valence-electron chi connectivity index (χ4n) is 2.59. The first-order chi connectivity index (χ1) is 7.88. The van der Waals surface area contributed by atoms with Gasteiger partial charge in [0.15, 0.2) is 0 Å². The van der Waals surface area contributed by atoms with E-state index in [1.54, 1.807) is 0 Å². The van der Waals surface area contributed by atoms with Crippen LogP contribution in [0.1, 0.15) is 36.1 Å². The highest BCUT2D eigenvalue weighted by Crippen LogP contribution is 2.33. The molecular formula is C14H16N2. The fourth-order valence-corrected chi connectivity index (χ4v) is 2.59. The van der Waals surface area contributed by atoms with Gasteiger partial charge < -0.3 is 4.57 Å². The highest BCUT2D eigenvalue weighted by atomic mass is 15.1. The third kappa shape index (κ3) is 1.45. The van der Waals surface area contributed by atoms with Crippen LogP contribution in [0.2, 0.25) is 0 Å².